The predicted molar refractivity (Wildman–Crippen MR) is 31.9 cm³/mol. The molecule has 2 nitrogen and oxygen atoms in total. The third-order valence-electron chi connectivity index (χ3n) is 2.70. The Morgan fingerprint density at radius 2 is 2.44 bits per heavy atom. The molecule has 0 spiro atoms. The molecule has 0 radical (unpaired) electrons. The molecule has 9 heavy (non-hydrogen) atoms. The molecule has 2 aliphatic carbocycles. The van der Waals surface area contributed by atoms with Gasteiger partial charge in [0, 0.05) is 12.3 Å². The summed E-state index contributed by atoms with van der Waals surface area (Å²) in [5.74, 6) is 0.398. The molecular formula is C7H10O2. The summed E-state index contributed by atoms with van der Waals surface area (Å²) in [5, 5.41) is 9.47. The van der Waals surface area contributed by atoms with Crippen LogP contribution in [0.1, 0.15) is 25.7 Å². The van der Waals surface area contributed by atoms with Crippen molar-refractivity contribution in [2.45, 2.75) is 31.3 Å². The van der Waals surface area contributed by atoms with E-state index in [1.807, 2.05) is 0 Å². The van der Waals surface area contributed by atoms with E-state index < -0.39 is 5.60 Å². The molecule has 0 aromatic carbocycles. The van der Waals surface area contributed by atoms with Gasteiger partial charge in [-0.3, -0.25) is 4.79 Å². The smallest absolute Gasteiger partial charge is 0.165 e. The van der Waals surface area contributed by atoms with E-state index in [9.17, 15) is 9.90 Å². The van der Waals surface area contributed by atoms with Crippen molar-refractivity contribution in [1.29, 1.82) is 0 Å². The van der Waals surface area contributed by atoms with Crippen LogP contribution in [0.3, 0.4) is 0 Å². The Balaban J connectivity index is 2.25. The van der Waals surface area contributed by atoms with Crippen molar-refractivity contribution in [2.75, 3.05) is 0 Å². The molecule has 2 aliphatic rings. The van der Waals surface area contributed by atoms with Gasteiger partial charge in [0.1, 0.15) is 5.60 Å². The summed E-state index contributed by atoms with van der Waals surface area (Å²) in [6, 6.07) is 0. The second-order valence-electron chi connectivity index (χ2n) is 3.14. The van der Waals surface area contributed by atoms with Gasteiger partial charge in [-0.25, -0.2) is 0 Å². The zero-order valence-corrected chi connectivity index (χ0v) is 5.26. The van der Waals surface area contributed by atoms with Crippen LogP contribution in [0.25, 0.3) is 0 Å². The van der Waals surface area contributed by atoms with Crippen LogP contribution in [0.4, 0.5) is 0 Å². The molecule has 0 bridgehead atoms. The zero-order valence-electron chi connectivity index (χ0n) is 5.26. The quantitative estimate of drug-likeness (QED) is 0.513. The van der Waals surface area contributed by atoms with Crippen LogP contribution >= 0.6 is 0 Å². The predicted octanol–water partition coefficient (Wildman–Crippen LogP) is 0.490. The normalized spacial score (nSPS) is 48.6. The number of hydrogen-bond donors (Lipinski definition) is 1. The first-order valence-electron chi connectivity index (χ1n) is 3.49. The van der Waals surface area contributed by atoms with Crippen LogP contribution in [-0.2, 0) is 4.79 Å². The molecule has 0 amide bonds. The van der Waals surface area contributed by atoms with Gasteiger partial charge in [-0.1, -0.05) is 0 Å². The first-order valence-corrected chi connectivity index (χ1v) is 3.49. The highest BCUT2D eigenvalue weighted by Crippen LogP contribution is 2.47. The van der Waals surface area contributed by atoms with E-state index in [0.29, 0.717) is 12.3 Å². The van der Waals surface area contributed by atoms with Gasteiger partial charge in [0.2, 0.25) is 0 Å². The summed E-state index contributed by atoms with van der Waals surface area (Å²) in [7, 11) is 0. The summed E-state index contributed by atoms with van der Waals surface area (Å²) < 4.78 is 0. The van der Waals surface area contributed by atoms with E-state index in [1.54, 1.807) is 0 Å². The standard InChI is InChI=1S/C7H10O2/c8-6-4-5-2-1-3-7(5,6)9/h5,9H,1-4H2. The molecular weight excluding hydrogens is 116 g/mol. The van der Waals surface area contributed by atoms with Crippen molar-refractivity contribution in [3.05, 3.63) is 0 Å². The van der Waals surface area contributed by atoms with Crippen molar-refractivity contribution < 1.29 is 9.90 Å². The van der Waals surface area contributed by atoms with Crippen LogP contribution in [-0.4, -0.2) is 16.5 Å². The lowest BCUT2D eigenvalue weighted by atomic mass is 9.71. The second-order valence-corrected chi connectivity index (χ2v) is 3.14. The second kappa shape index (κ2) is 1.37. The molecule has 1 N–H and O–H groups in total. The minimum Gasteiger partial charge on any atom is -0.382 e. The lowest BCUT2D eigenvalue weighted by Gasteiger charge is -2.37. The van der Waals surface area contributed by atoms with Gasteiger partial charge >= 0.3 is 0 Å². The monoisotopic (exact) mass is 126 g/mol. The number of fused-ring (bicyclic) bond motifs is 1. The van der Waals surface area contributed by atoms with E-state index >= 15 is 0 Å². The number of aliphatic hydroxyl groups is 1. The maximum absolute atomic E-state index is 10.8. The molecule has 2 atom stereocenters. The van der Waals surface area contributed by atoms with E-state index in [0.717, 1.165) is 19.3 Å². The maximum Gasteiger partial charge on any atom is 0.165 e. The third kappa shape index (κ3) is 0.472. The highest BCUT2D eigenvalue weighted by atomic mass is 16.3. The van der Waals surface area contributed by atoms with Crippen LogP contribution in [0.5, 0.6) is 0 Å². The Labute approximate surface area is 53.9 Å². The topological polar surface area (TPSA) is 37.3 Å². The first-order chi connectivity index (χ1) is 4.23. The average molecular weight is 126 g/mol. The molecule has 0 aliphatic heterocycles. The Kier molecular flexibility index (Phi) is 0.826. The minimum atomic E-state index is -0.847. The lowest BCUT2D eigenvalue weighted by molar-refractivity contribution is -0.157. The molecule has 2 fully saturated rings. The van der Waals surface area contributed by atoms with Crippen molar-refractivity contribution in [1.82, 2.24) is 0 Å². The number of carbonyl (C=O) groups excluding carboxylic acids is 1. The van der Waals surface area contributed by atoms with Gasteiger partial charge < -0.3 is 5.11 Å². The molecule has 2 saturated carbocycles. The van der Waals surface area contributed by atoms with Crippen molar-refractivity contribution in [2.24, 2.45) is 5.92 Å². The SMILES string of the molecule is O=C1CC2CCCC12O. The van der Waals surface area contributed by atoms with Gasteiger partial charge in [0.15, 0.2) is 5.78 Å². The number of ketones is 1. The first kappa shape index (κ1) is 5.42. The largest absolute Gasteiger partial charge is 0.382 e. The van der Waals surface area contributed by atoms with E-state index in [2.05, 4.69) is 0 Å². The van der Waals surface area contributed by atoms with Crippen molar-refractivity contribution in [3.8, 4) is 0 Å². The fraction of sp³-hybridized carbons (Fsp3) is 0.857. The molecule has 0 saturated heterocycles. The summed E-state index contributed by atoms with van der Waals surface area (Å²) in [5.41, 5.74) is -0.847. The highest BCUT2D eigenvalue weighted by molar-refractivity contribution is 5.94. The van der Waals surface area contributed by atoms with Gasteiger partial charge in [-0.15, -0.1) is 0 Å². The van der Waals surface area contributed by atoms with Crippen LogP contribution in [0.2, 0.25) is 0 Å². The molecule has 0 heterocycles. The number of hydrogen-bond acceptors (Lipinski definition) is 2. The van der Waals surface area contributed by atoms with Crippen LogP contribution in [0, 0.1) is 5.92 Å². The number of rotatable bonds is 0. The van der Waals surface area contributed by atoms with Crippen molar-refractivity contribution >= 4 is 5.78 Å². The van der Waals surface area contributed by atoms with Crippen molar-refractivity contribution in [3.63, 3.8) is 0 Å². The van der Waals surface area contributed by atoms with Crippen LogP contribution < -0.4 is 0 Å². The summed E-state index contributed by atoms with van der Waals surface area (Å²) >= 11 is 0. The molecule has 0 aromatic heterocycles. The molecule has 0 aromatic rings. The van der Waals surface area contributed by atoms with E-state index in [-0.39, 0.29) is 5.78 Å². The summed E-state index contributed by atoms with van der Waals surface area (Å²) in [4.78, 5) is 10.8. The Hall–Kier alpha value is -0.370. The zero-order chi connectivity index (χ0) is 6.48. The number of Topliss-reactive ketones (excluding diaryl/α,β-unsaturated/α-hetero) is 1. The maximum atomic E-state index is 10.8. The number of carbonyl (C=O) groups is 1. The summed E-state index contributed by atoms with van der Waals surface area (Å²) in [6.45, 7) is 0. The average Bonchev–Trinajstić information content (AvgIpc) is 2.11. The minimum absolute atomic E-state index is 0.0741. The van der Waals surface area contributed by atoms with E-state index in [1.165, 1.54) is 0 Å². The molecule has 50 valence electrons. The Bertz CT molecular complexity index is 164. The highest BCUT2D eigenvalue weighted by Gasteiger charge is 2.55. The fourth-order valence-electron chi connectivity index (χ4n) is 1.97. The van der Waals surface area contributed by atoms with Crippen LogP contribution in [0.15, 0.2) is 0 Å². The van der Waals surface area contributed by atoms with E-state index in [4.69, 9.17) is 0 Å². The fourth-order valence-corrected chi connectivity index (χ4v) is 1.97. The Morgan fingerprint density at radius 3 is 2.89 bits per heavy atom. The van der Waals surface area contributed by atoms with Gasteiger partial charge in [0.05, 0.1) is 0 Å². The van der Waals surface area contributed by atoms with Gasteiger partial charge in [-0.2, -0.15) is 0 Å². The van der Waals surface area contributed by atoms with Gasteiger partial charge in [0.25, 0.3) is 0 Å². The molecule has 2 unspecified atom stereocenters. The lowest BCUT2D eigenvalue weighted by Crippen LogP contribution is -2.52. The Morgan fingerprint density at radius 1 is 1.67 bits per heavy atom. The summed E-state index contributed by atoms with van der Waals surface area (Å²) in [6.07, 6.45) is 3.45. The molecule has 2 rings (SSSR count). The molecule has 2 heteroatoms. The van der Waals surface area contributed by atoms with Gasteiger partial charge in [-0.05, 0) is 19.3 Å². The third-order valence-corrected chi connectivity index (χ3v) is 2.70.